The minimum atomic E-state index is -4.55. The Morgan fingerprint density at radius 3 is 2.62 bits per heavy atom. The number of carbonyl (C=O) groups is 1. The van der Waals surface area contributed by atoms with Gasteiger partial charge in [-0.15, -0.1) is 0 Å². The molecule has 2 rings (SSSR count). The van der Waals surface area contributed by atoms with Crippen LogP contribution >= 0.6 is 12.2 Å². The molecule has 0 bridgehead atoms. The average Bonchev–Trinajstić information content (AvgIpc) is 2.37. The Bertz CT molecular complexity index is 626. The maximum absolute atomic E-state index is 12.9. The first-order valence-electron chi connectivity index (χ1n) is 5.98. The Balaban J connectivity index is 2.31. The summed E-state index contributed by atoms with van der Waals surface area (Å²) in [5, 5.41) is 14.5. The van der Waals surface area contributed by atoms with Crippen molar-refractivity contribution in [3.8, 4) is 0 Å². The molecule has 4 nitrogen and oxygen atoms in total. The molecule has 0 unspecified atom stereocenters. The monoisotopic (exact) mass is 316 g/mol. The van der Waals surface area contributed by atoms with E-state index in [1.54, 1.807) is 0 Å². The lowest BCUT2D eigenvalue weighted by Crippen LogP contribution is -2.36. The van der Waals surface area contributed by atoms with Crippen molar-refractivity contribution in [2.24, 2.45) is 0 Å². The van der Waals surface area contributed by atoms with Gasteiger partial charge in [-0.1, -0.05) is 24.4 Å². The Labute approximate surface area is 123 Å². The highest BCUT2D eigenvalue weighted by molar-refractivity contribution is 7.81. The van der Waals surface area contributed by atoms with Crippen molar-refractivity contribution >= 4 is 28.8 Å². The van der Waals surface area contributed by atoms with Gasteiger partial charge in [0.05, 0.1) is 11.3 Å². The molecule has 0 saturated heterocycles. The van der Waals surface area contributed by atoms with Crippen LogP contribution in [0.15, 0.2) is 35.6 Å². The van der Waals surface area contributed by atoms with Crippen LogP contribution in [0.5, 0.6) is 0 Å². The van der Waals surface area contributed by atoms with Gasteiger partial charge in [-0.05, 0) is 12.1 Å². The van der Waals surface area contributed by atoms with Crippen molar-refractivity contribution in [2.45, 2.75) is 12.6 Å². The molecule has 3 N–H and O–H groups in total. The van der Waals surface area contributed by atoms with Gasteiger partial charge in [0.1, 0.15) is 16.3 Å². The summed E-state index contributed by atoms with van der Waals surface area (Å²) in [5.41, 5.74) is -1.37. The standard InChI is InChI=1S/C13H11F3N2O2S/c14-13(15,16)7-3-1-2-4-8(7)18-12(21)10-9(19)5-6-17-11(10)20/h1-4,19H,5-6H2,(H,17,20)(H,18,21). The predicted molar refractivity (Wildman–Crippen MR) is 74.9 cm³/mol. The maximum Gasteiger partial charge on any atom is 0.418 e. The Hall–Kier alpha value is -2.09. The molecular formula is C13H11F3N2O2S. The van der Waals surface area contributed by atoms with Crippen LogP contribution < -0.4 is 10.6 Å². The normalized spacial score (nSPS) is 15.7. The molecule has 21 heavy (non-hydrogen) atoms. The number of rotatable bonds is 2. The third kappa shape index (κ3) is 3.33. The number of halogens is 3. The van der Waals surface area contributed by atoms with Crippen LogP contribution in [0.25, 0.3) is 0 Å². The zero-order chi connectivity index (χ0) is 15.6. The van der Waals surface area contributed by atoms with Crippen LogP contribution in [0.3, 0.4) is 0 Å². The lowest BCUT2D eigenvalue weighted by molar-refractivity contribution is -0.136. The van der Waals surface area contributed by atoms with Gasteiger partial charge in [0.2, 0.25) is 0 Å². The van der Waals surface area contributed by atoms with Gasteiger partial charge in [-0.25, -0.2) is 0 Å². The van der Waals surface area contributed by atoms with E-state index in [9.17, 15) is 23.1 Å². The molecule has 0 spiro atoms. The maximum atomic E-state index is 12.9. The first kappa shape index (κ1) is 15.3. The van der Waals surface area contributed by atoms with E-state index in [-0.39, 0.29) is 35.0 Å². The molecule has 1 aliphatic rings. The summed E-state index contributed by atoms with van der Waals surface area (Å²) < 4.78 is 38.6. The number of para-hydroxylation sites is 1. The number of hydrogen-bond donors (Lipinski definition) is 3. The SMILES string of the molecule is O=C1NCCC(O)=C1C(=S)Nc1ccccc1C(F)(F)F. The molecule has 1 heterocycles. The fourth-order valence-corrected chi connectivity index (χ4v) is 2.22. The largest absolute Gasteiger partial charge is 0.511 e. The van der Waals surface area contributed by atoms with Crippen molar-refractivity contribution in [1.82, 2.24) is 5.32 Å². The topological polar surface area (TPSA) is 61.4 Å². The zero-order valence-electron chi connectivity index (χ0n) is 10.6. The number of anilines is 1. The fourth-order valence-electron chi connectivity index (χ4n) is 1.90. The number of hydrogen-bond acceptors (Lipinski definition) is 3. The second-order valence-electron chi connectivity index (χ2n) is 4.33. The predicted octanol–water partition coefficient (Wildman–Crippen LogP) is 2.78. The summed E-state index contributed by atoms with van der Waals surface area (Å²) in [5.74, 6) is -0.846. The van der Waals surface area contributed by atoms with Crippen molar-refractivity contribution < 1.29 is 23.1 Å². The van der Waals surface area contributed by atoms with Crippen molar-refractivity contribution in [3.63, 3.8) is 0 Å². The number of amides is 1. The summed E-state index contributed by atoms with van der Waals surface area (Å²) in [6.07, 6.45) is -4.37. The van der Waals surface area contributed by atoms with Crippen LogP contribution in [-0.2, 0) is 11.0 Å². The van der Waals surface area contributed by atoms with Gasteiger partial charge >= 0.3 is 6.18 Å². The molecule has 8 heteroatoms. The number of aliphatic hydroxyl groups excluding tert-OH is 1. The van der Waals surface area contributed by atoms with E-state index in [4.69, 9.17) is 12.2 Å². The molecular weight excluding hydrogens is 305 g/mol. The van der Waals surface area contributed by atoms with Crippen LogP contribution in [0.1, 0.15) is 12.0 Å². The second-order valence-corrected chi connectivity index (χ2v) is 4.73. The molecule has 1 amide bonds. The van der Waals surface area contributed by atoms with Gasteiger partial charge in [0.15, 0.2) is 0 Å². The highest BCUT2D eigenvalue weighted by atomic mass is 32.1. The molecule has 1 aromatic rings. The van der Waals surface area contributed by atoms with Crippen molar-refractivity contribution in [2.75, 3.05) is 11.9 Å². The van der Waals surface area contributed by atoms with E-state index in [1.165, 1.54) is 18.2 Å². The molecule has 0 fully saturated rings. The fraction of sp³-hybridized carbons (Fsp3) is 0.231. The number of benzene rings is 1. The van der Waals surface area contributed by atoms with Crippen LogP contribution in [0, 0.1) is 0 Å². The zero-order valence-corrected chi connectivity index (χ0v) is 11.4. The van der Waals surface area contributed by atoms with Gasteiger partial charge in [-0.2, -0.15) is 13.2 Å². The summed E-state index contributed by atoms with van der Waals surface area (Å²) >= 11 is 4.94. The molecule has 0 saturated carbocycles. The summed E-state index contributed by atoms with van der Waals surface area (Å²) in [7, 11) is 0. The summed E-state index contributed by atoms with van der Waals surface area (Å²) in [4.78, 5) is 11.4. The van der Waals surface area contributed by atoms with E-state index < -0.39 is 17.6 Å². The number of thiocarbonyl (C=S) groups is 1. The molecule has 1 aromatic carbocycles. The highest BCUT2D eigenvalue weighted by Gasteiger charge is 2.34. The summed E-state index contributed by atoms with van der Waals surface area (Å²) in [6, 6.07) is 4.77. The smallest absolute Gasteiger partial charge is 0.418 e. The molecule has 1 aliphatic heterocycles. The van der Waals surface area contributed by atoms with Gasteiger partial charge in [-0.3, -0.25) is 4.79 Å². The van der Waals surface area contributed by atoms with E-state index in [0.717, 1.165) is 6.07 Å². The Kier molecular flexibility index (Phi) is 4.17. The lowest BCUT2D eigenvalue weighted by atomic mass is 10.1. The van der Waals surface area contributed by atoms with Crippen molar-refractivity contribution in [3.05, 3.63) is 41.2 Å². The van der Waals surface area contributed by atoms with E-state index in [2.05, 4.69) is 10.6 Å². The van der Waals surface area contributed by atoms with Gasteiger partial charge in [0, 0.05) is 13.0 Å². The Morgan fingerprint density at radius 2 is 2.00 bits per heavy atom. The number of carbonyl (C=O) groups excluding carboxylic acids is 1. The third-order valence-corrected chi connectivity index (χ3v) is 3.18. The highest BCUT2D eigenvalue weighted by Crippen LogP contribution is 2.34. The van der Waals surface area contributed by atoms with Crippen LogP contribution in [-0.4, -0.2) is 22.5 Å². The van der Waals surface area contributed by atoms with E-state index in [1.807, 2.05) is 0 Å². The van der Waals surface area contributed by atoms with Gasteiger partial charge in [0.25, 0.3) is 5.91 Å². The average molecular weight is 316 g/mol. The minimum absolute atomic E-state index is 0.184. The van der Waals surface area contributed by atoms with E-state index in [0.29, 0.717) is 0 Å². The molecule has 0 aliphatic carbocycles. The minimum Gasteiger partial charge on any atom is -0.511 e. The molecule has 0 radical (unpaired) electrons. The quantitative estimate of drug-likeness (QED) is 0.734. The number of nitrogens with one attached hydrogen (secondary N) is 2. The first-order valence-corrected chi connectivity index (χ1v) is 6.39. The summed E-state index contributed by atoms with van der Waals surface area (Å²) in [6.45, 7) is 0.260. The van der Waals surface area contributed by atoms with E-state index >= 15 is 0 Å². The van der Waals surface area contributed by atoms with Crippen LogP contribution in [0.4, 0.5) is 18.9 Å². The first-order chi connectivity index (χ1) is 9.80. The van der Waals surface area contributed by atoms with Gasteiger partial charge < -0.3 is 15.7 Å². The number of aliphatic hydroxyl groups is 1. The number of alkyl halides is 3. The van der Waals surface area contributed by atoms with Crippen LogP contribution in [0.2, 0.25) is 0 Å². The Morgan fingerprint density at radius 1 is 1.33 bits per heavy atom. The third-order valence-electron chi connectivity index (χ3n) is 2.87. The van der Waals surface area contributed by atoms with Crippen molar-refractivity contribution in [1.29, 1.82) is 0 Å². The molecule has 0 atom stereocenters. The molecule has 0 aromatic heterocycles. The second kappa shape index (κ2) is 5.72. The lowest BCUT2D eigenvalue weighted by Gasteiger charge is -2.19. The molecule has 112 valence electrons.